The maximum Gasteiger partial charge on any atom is 0.331 e. The number of allylic oxidation sites excluding steroid dienone is 4. The number of esters is 1. The molecule has 3 aliphatic carbocycles. The lowest BCUT2D eigenvalue weighted by atomic mass is 9.41. The third-order valence-corrected chi connectivity index (χ3v) is 7.63. The van der Waals surface area contributed by atoms with Crippen molar-refractivity contribution in [1.82, 2.24) is 0 Å². The second-order valence-electron chi connectivity index (χ2n) is 9.02. The number of carbonyl (C=O) groups excluding carboxylic acids is 2. The van der Waals surface area contributed by atoms with E-state index in [2.05, 4.69) is 46.8 Å². The van der Waals surface area contributed by atoms with Crippen LogP contribution in [0.2, 0.25) is 0 Å². The molecule has 0 saturated heterocycles. The first-order valence-electron chi connectivity index (χ1n) is 8.95. The van der Waals surface area contributed by atoms with Gasteiger partial charge >= 0.3 is 5.97 Å². The van der Waals surface area contributed by atoms with E-state index in [0.717, 1.165) is 18.4 Å². The van der Waals surface area contributed by atoms with Crippen LogP contribution in [-0.2, 0) is 14.3 Å². The van der Waals surface area contributed by atoms with Crippen LogP contribution >= 0.6 is 0 Å². The Balaban J connectivity index is 1.94. The fourth-order valence-corrected chi connectivity index (χ4v) is 6.19. The molecule has 0 amide bonds. The second kappa shape index (κ2) is 4.50. The number of ether oxygens (including phenoxy) is 1. The maximum atomic E-state index is 12.5. The fraction of sp³-hybridized carbons (Fsp3) is 0.619. The minimum atomic E-state index is -0.422. The van der Waals surface area contributed by atoms with E-state index in [9.17, 15) is 9.59 Å². The predicted octanol–water partition coefficient (Wildman–Crippen LogP) is 4.00. The van der Waals surface area contributed by atoms with E-state index in [4.69, 9.17) is 4.74 Å². The first-order valence-corrected chi connectivity index (χ1v) is 8.95. The summed E-state index contributed by atoms with van der Waals surface area (Å²) >= 11 is 0. The van der Waals surface area contributed by atoms with Crippen molar-refractivity contribution < 1.29 is 14.3 Å². The van der Waals surface area contributed by atoms with Crippen LogP contribution < -0.4 is 0 Å². The van der Waals surface area contributed by atoms with Gasteiger partial charge in [-0.25, -0.2) is 4.79 Å². The van der Waals surface area contributed by atoms with Gasteiger partial charge in [0.25, 0.3) is 0 Å². The van der Waals surface area contributed by atoms with E-state index in [1.54, 1.807) is 12.2 Å². The molecule has 1 heterocycles. The van der Waals surface area contributed by atoms with E-state index in [1.165, 1.54) is 5.57 Å². The zero-order chi connectivity index (χ0) is 17.5. The van der Waals surface area contributed by atoms with Crippen LogP contribution in [0.4, 0.5) is 0 Å². The summed E-state index contributed by atoms with van der Waals surface area (Å²) in [6.07, 6.45) is 9.48. The Morgan fingerprint density at radius 3 is 2.54 bits per heavy atom. The highest BCUT2D eigenvalue weighted by Gasteiger charge is 2.65. The third-order valence-electron chi connectivity index (χ3n) is 7.63. The first-order chi connectivity index (χ1) is 11.1. The third kappa shape index (κ3) is 1.68. The summed E-state index contributed by atoms with van der Waals surface area (Å²) in [5.74, 6) is 0.471. The van der Waals surface area contributed by atoms with E-state index < -0.39 is 5.41 Å². The van der Waals surface area contributed by atoms with Gasteiger partial charge in [-0.1, -0.05) is 45.4 Å². The number of ketones is 1. The van der Waals surface area contributed by atoms with E-state index in [1.807, 2.05) is 0 Å². The molecular formula is C21H26O3. The van der Waals surface area contributed by atoms with Crippen LogP contribution in [-0.4, -0.2) is 17.9 Å². The molecule has 24 heavy (non-hydrogen) atoms. The molecule has 1 fully saturated rings. The molecule has 0 aromatic heterocycles. The number of rotatable bonds is 0. The van der Waals surface area contributed by atoms with Crippen LogP contribution in [0.3, 0.4) is 0 Å². The minimum absolute atomic E-state index is 0.0668. The largest absolute Gasteiger partial charge is 0.458 e. The summed E-state index contributed by atoms with van der Waals surface area (Å²) in [4.78, 5) is 24.7. The zero-order valence-corrected chi connectivity index (χ0v) is 15.2. The van der Waals surface area contributed by atoms with Crippen LogP contribution in [0.1, 0.15) is 47.5 Å². The molecule has 4 rings (SSSR count). The molecule has 3 nitrogen and oxygen atoms in total. The molecule has 5 atom stereocenters. The van der Waals surface area contributed by atoms with Crippen LogP contribution in [0.25, 0.3) is 0 Å². The van der Waals surface area contributed by atoms with Crippen molar-refractivity contribution in [2.45, 2.75) is 53.6 Å². The van der Waals surface area contributed by atoms with Crippen LogP contribution in [0, 0.1) is 28.1 Å². The van der Waals surface area contributed by atoms with Gasteiger partial charge < -0.3 is 4.74 Å². The first kappa shape index (κ1) is 15.9. The zero-order valence-electron chi connectivity index (χ0n) is 15.2. The Hall–Kier alpha value is -1.64. The van der Waals surface area contributed by atoms with Gasteiger partial charge in [-0.3, -0.25) is 4.79 Å². The SMILES string of the molecule is CC1=CC[C@@H]2[C@@]3(C)C=CC(=O)C(C)(C)[C@@H]3C[C@H]3OC(=O)C=C1[C@@]23C. The Bertz CT molecular complexity index is 738. The fourth-order valence-electron chi connectivity index (χ4n) is 6.19. The number of hydrogen-bond acceptors (Lipinski definition) is 3. The molecule has 4 aliphatic rings. The van der Waals surface area contributed by atoms with E-state index in [-0.39, 0.29) is 34.6 Å². The summed E-state index contributed by atoms with van der Waals surface area (Å²) in [6.45, 7) is 10.8. The van der Waals surface area contributed by atoms with Gasteiger partial charge in [-0.2, -0.15) is 0 Å². The van der Waals surface area contributed by atoms with Crippen molar-refractivity contribution in [1.29, 1.82) is 0 Å². The summed E-state index contributed by atoms with van der Waals surface area (Å²) in [5.41, 5.74) is 1.69. The van der Waals surface area contributed by atoms with Crippen molar-refractivity contribution in [3.8, 4) is 0 Å². The molecule has 0 N–H and O–H groups in total. The van der Waals surface area contributed by atoms with Gasteiger partial charge in [0.05, 0.1) is 0 Å². The minimum Gasteiger partial charge on any atom is -0.458 e. The highest BCUT2D eigenvalue weighted by Crippen LogP contribution is 2.67. The highest BCUT2D eigenvalue weighted by molar-refractivity contribution is 5.96. The highest BCUT2D eigenvalue weighted by atomic mass is 16.5. The predicted molar refractivity (Wildman–Crippen MR) is 92.1 cm³/mol. The molecule has 0 aromatic rings. The lowest BCUT2D eigenvalue weighted by Gasteiger charge is -2.64. The lowest BCUT2D eigenvalue weighted by molar-refractivity contribution is -0.180. The monoisotopic (exact) mass is 326 g/mol. The maximum absolute atomic E-state index is 12.5. The van der Waals surface area contributed by atoms with E-state index >= 15 is 0 Å². The number of carbonyl (C=O) groups is 2. The molecule has 0 bridgehead atoms. The second-order valence-corrected chi connectivity index (χ2v) is 9.02. The Morgan fingerprint density at radius 2 is 1.83 bits per heavy atom. The van der Waals surface area contributed by atoms with Gasteiger partial charge in [-0.15, -0.1) is 0 Å². The van der Waals surface area contributed by atoms with Crippen LogP contribution in [0.15, 0.2) is 35.5 Å². The van der Waals surface area contributed by atoms with Crippen molar-refractivity contribution >= 4 is 11.8 Å². The van der Waals surface area contributed by atoms with Gasteiger partial charge in [0.15, 0.2) is 5.78 Å². The Kier molecular flexibility index (Phi) is 2.97. The average Bonchev–Trinajstić information content (AvgIpc) is 2.49. The van der Waals surface area contributed by atoms with Crippen LogP contribution in [0.5, 0.6) is 0 Å². The lowest BCUT2D eigenvalue weighted by Crippen LogP contribution is -2.63. The van der Waals surface area contributed by atoms with E-state index in [0.29, 0.717) is 5.92 Å². The Morgan fingerprint density at radius 1 is 1.12 bits per heavy atom. The molecular weight excluding hydrogens is 300 g/mol. The summed E-state index contributed by atoms with van der Waals surface area (Å²) in [6, 6.07) is 0. The normalized spacial score (nSPS) is 45.6. The number of hydrogen-bond donors (Lipinski definition) is 0. The Labute approximate surface area is 143 Å². The van der Waals surface area contributed by atoms with Crippen molar-refractivity contribution in [2.75, 3.05) is 0 Å². The molecule has 0 aromatic carbocycles. The van der Waals surface area contributed by atoms with Crippen molar-refractivity contribution in [2.24, 2.45) is 28.1 Å². The van der Waals surface area contributed by atoms with Gasteiger partial charge in [0.2, 0.25) is 0 Å². The molecule has 0 spiro atoms. The van der Waals surface area contributed by atoms with Gasteiger partial charge in [-0.05, 0) is 48.7 Å². The van der Waals surface area contributed by atoms with Gasteiger partial charge in [0.1, 0.15) is 6.10 Å². The van der Waals surface area contributed by atoms with Crippen molar-refractivity contribution in [3.05, 3.63) is 35.5 Å². The molecule has 0 radical (unpaired) electrons. The summed E-state index contributed by atoms with van der Waals surface area (Å²) in [7, 11) is 0. The van der Waals surface area contributed by atoms with Gasteiger partial charge in [0, 0.05) is 16.9 Å². The summed E-state index contributed by atoms with van der Waals surface area (Å²) < 4.78 is 5.82. The molecule has 1 saturated carbocycles. The smallest absolute Gasteiger partial charge is 0.331 e. The average molecular weight is 326 g/mol. The molecule has 0 unspecified atom stereocenters. The molecule has 1 aliphatic heterocycles. The number of fused-ring (bicyclic) bond motifs is 2. The molecule has 128 valence electrons. The topological polar surface area (TPSA) is 43.4 Å². The summed E-state index contributed by atoms with van der Waals surface area (Å²) in [5, 5.41) is 0. The molecule has 3 heteroatoms. The van der Waals surface area contributed by atoms with Crippen molar-refractivity contribution in [3.63, 3.8) is 0 Å². The standard InChI is InChI=1S/C21H26O3/c1-12-6-7-14-20(4)9-8-16(22)19(2,3)15(20)11-17-21(14,5)13(12)10-18(23)24-17/h6,8-10,14-15,17H,7,11H2,1-5H3/t14-,15+,17-,20-,21+/m1/s1. The quantitative estimate of drug-likeness (QED) is 0.632.